The Kier molecular flexibility index (Phi) is 2.94. The molecule has 1 N–H and O–H groups in total. The Labute approximate surface area is 106 Å². The van der Waals surface area contributed by atoms with Gasteiger partial charge in [-0.2, -0.15) is 0 Å². The van der Waals surface area contributed by atoms with E-state index in [-0.39, 0.29) is 0 Å². The van der Waals surface area contributed by atoms with Gasteiger partial charge in [-0.3, -0.25) is 0 Å². The van der Waals surface area contributed by atoms with Gasteiger partial charge in [0, 0.05) is 19.6 Å². The van der Waals surface area contributed by atoms with E-state index in [1.807, 2.05) is 17.2 Å². The molecule has 0 radical (unpaired) electrons. The molecule has 17 heavy (non-hydrogen) atoms. The van der Waals surface area contributed by atoms with Gasteiger partial charge in [-0.15, -0.1) is 0 Å². The maximum Gasteiger partial charge on any atom is 0.145 e. The fourth-order valence-corrected chi connectivity index (χ4v) is 2.62. The highest BCUT2D eigenvalue weighted by Crippen LogP contribution is 2.39. The number of aliphatic imine (C=N–C) groups is 1. The van der Waals surface area contributed by atoms with Crippen molar-refractivity contribution in [2.75, 3.05) is 20.3 Å². The molecule has 92 valence electrons. The highest BCUT2D eigenvalue weighted by molar-refractivity contribution is 6.31. The first-order valence-corrected chi connectivity index (χ1v) is 6.36. The van der Waals surface area contributed by atoms with Crippen LogP contribution in [0, 0.1) is 11.8 Å². The fourth-order valence-electron chi connectivity index (χ4n) is 2.36. The van der Waals surface area contributed by atoms with Crippen molar-refractivity contribution >= 4 is 17.3 Å². The first-order valence-electron chi connectivity index (χ1n) is 5.98. The normalized spacial score (nSPS) is 25.1. The molecule has 1 aliphatic carbocycles. The molecule has 0 spiro atoms. The second-order valence-electron chi connectivity index (χ2n) is 4.66. The van der Waals surface area contributed by atoms with E-state index in [1.165, 1.54) is 12.8 Å². The zero-order chi connectivity index (χ0) is 11.8. The van der Waals surface area contributed by atoms with Gasteiger partial charge in [-0.05, 0) is 30.9 Å². The summed E-state index contributed by atoms with van der Waals surface area (Å²) in [5.74, 6) is 2.02. The summed E-state index contributed by atoms with van der Waals surface area (Å²) in [5, 5.41) is 2.52. The molecule has 5 heteroatoms. The number of rotatable bonds is 4. The summed E-state index contributed by atoms with van der Waals surface area (Å²) in [6.45, 7) is 1.51. The van der Waals surface area contributed by atoms with Crippen LogP contribution in [-0.2, 0) is 4.74 Å². The molecule has 0 aromatic rings. The predicted molar refractivity (Wildman–Crippen MR) is 67.4 cm³/mol. The van der Waals surface area contributed by atoms with Crippen LogP contribution in [0.25, 0.3) is 0 Å². The largest absolute Gasteiger partial charge is 0.384 e. The molecule has 0 saturated heterocycles. The lowest BCUT2D eigenvalue weighted by Gasteiger charge is -2.26. The maximum absolute atomic E-state index is 6.24. The van der Waals surface area contributed by atoms with Gasteiger partial charge < -0.3 is 4.74 Å². The Hall–Kier alpha value is -0.840. The standard InChI is InChI=1S/C12H16ClN3O/c1-17-7-9(8-2-3-8)10-6-11(13)16-12(15-10)4-5-14-16/h4,6,8-9,14H,2-3,5,7H2,1H3. The van der Waals surface area contributed by atoms with Crippen molar-refractivity contribution in [1.29, 1.82) is 0 Å². The topological polar surface area (TPSA) is 36.9 Å². The molecule has 0 bridgehead atoms. The number of fused-ring (bicyclic) bond motifs is 1. The number of ether oxygens (including phenoxy) is 1. The van der Waals surface area contributed by atoms with Crippen molar-refractivity contribution in [2.24, 2.45) is 16.8 Å². The molecule has 0 aromatic carbocycles. The number of halogens is 1. The highest BCUT2D eigenvalue weighted by Gasteiger charge is 2.36. The minimum Gasteiger partial charge on any atom is -0.384 e. The Morgan fingerprint density at radius 2 is 2.47 bits per heavy atom. The van der Waals surface area contributed by atoms with Crippen molar-refractivity contribution in [3.8, 4) is 0 Å². The number of nitrogens with zero attached hydrogens (tertiary/aromatic N) is 2. The van der Waals surface area contributed by atoms with Gasteiger partial charge in [0.1, 0.15) is 11.0 Å². The predicted octanol–water partition coefficient (Wildman–Crippen LogP) is 1.86. The smallest absolute Gasteiger partial charge is 0.145 e. The van der Waals surface area contributed by atoms with Crippen LogP contribution in [0.5, 0.6) is 0 Å². The highest BCUT2D eigenvalue weighted by atomic mass is 35.5. The SMILES string of the molecule is COCC(C1=NC2=CCNN2C(Cl)=C1)C1CC1. The first-order chi connectivity index (χ1) is 8.29. The Bertz CT molecular complexity index is 412. The molecule has 3 aliphatic rings. The maximum atomic E-state index is 6.24. The van der Waals surface area contributed by atoms with Crippen LogP contribution in [0.15, 0.2) is 28.1 Å². The fraction of sp³-hybridized carbons (Fsp3) is 0.583. The zero-order valence-electron chi connectivity index (χ0n) is 9.82. The lowest BCUT2D eigenvalue weighted by molar-refractivity contribution is 0.168. The van der Waals surface area contributed by atoms with Crippen molar-refractivity contribution in [3.63, 3.8) is 0 Å². The van der Waals surface area contributed by atoms with E-state index in [4.69, 9.17) is 16.3 Å². The number of hydrogen-bond donors (Lipinski definition) is 1. The van der Waals surface area contributed by atoms with Gasteiger partial charge in [0.15, 0.2) is 0 Å². The molecule has 1 atom stereocenters. The van der Waals surface area contributed by atoms with E-state index in [1.54, 1.807) is 7.11 Å². The van der Waals surface area contributed by atoms with Crippen LogP contribution in [0.4, 0.5) is 0 Å². The van der Waals surface area contributed by atoms with Crippen LogP contribution >= 0.6 is 11.6 Å². The molecule has 0 amide bonds. The van der Waals surface area contributed by atoms with Crippen LogP contribution in [0.1, 0.15) is 12.8 Å². The number of hydrazine groups is 1. The third kappa shape index (κ3) is 2.12. The quantitative estimate of drug-likeness (QED) is 0.777. The lowest BCUT2D eigenvalue weighted by Crippen LogP contribution is -2.33. The first kappa shape index (κ1) is 11.3. The van der Waals surface area contributed by atoms with Crippen molar-refractivity contribution < 1.29 is 4.74 Å². The molecule has 3 rings (SSSR count). The Morgan fingerprint density at radius 3 is 3.18 bits per heavy atom. The Morgan fingerprint density at radius 1 is 1.65 bits per heavy atom. The van der Waals surface area contributed by atoms with Crippen molar-refractivity contribution in [2.45, 2.75) is 12.8 Å². The van der Waals surface area contributed by atoms with Gasteiger partial charge in [0.05, 0.1) is 12.3 Å². The number of methoxy groups -OCH3 is 1. The van der Waals surface area contributed by atoms with Gasteiger partial charge in [0.25, 0.3) is 0 Å². The average molecular weight is 254 g/mol. The molecule has 1 unspecified atom stereocenters. The summed E-state index contributed by atoms with van der Waals surface area (Å²) in [5.41, 5.74) is 4.21. The molecule has 4 nitrogen and oxygen atoms in total. The minimum absolute atomic E-state index is 0.386. The molecular weight excluding hydrogens is 238 g/mol. The summed E-state index contributed by atoms with van der Waals surface area (Å²) < 4.78 is 5.30. The van der Waals surface area contributed by atoms with Crippen LogP contribution in [-0.4, -0.2) is 31.0 Å². The van der Waals surface area contributed by atoms with Crippen LogP contribution in [0.3, 0.4) is 0 Å². The van der Waals surface area contributed by atoms with Gasteiger partial charge in [-0.1, -0.05) is 11.6 Å². The van der Waals surface area contributed by atoms with E-state index in [9.17, 15) is 0 Å². The third-order valence-electron chi connectivity index (χ3n) is 3.40. The molecule has 2 heterocycles. The van der Waals surface area contributed by atoms with E-state index in [0.717, 1.165) is 30.6 Å². The second kappa shape index (κ2) is 4.44. The molecular formula is C12H16ClN3O. The van der Waals surface area contributed by atoms with Crippen LogP contribution in [0.2, 0.25) is 0 Å². The Balaban J connectivity index is 1.86. The zero-order valence-corrected chi connectivity index (χ0v) is 10.6. The van der Waals surface area contributed by atoms with Crippen LogP contribution < -0.4 is 5.43 Å². The van der Waals surface area contributed by atoms with Gasteiger partial charge >= 0.3 is 0 Å². The monoisotopic (exact) mass is 253 g/mol. The molecule has 2 aliphatic heterocycles. The average Bonchev–Trinajstić information content (AvgIpc) is 3.03. The van der Waals surface area contributed by atoms with Gasteiger partial charge in [-0.25, -0.2) is 15.4 Å². The number of allylic oxidation sites excluding steroid dienone is 1. The number of hydrogen-bond acceptors (Lipinski definition) is 4. The molecule has 0 aromatic heterocycles. The van der Waals surface area contributed by atoms with E-state index < -0.39 is 0 Å². The second-order valence-corrected chi connectivity index (χ2v) is 5.05. The van der Waals surface area contributed by atoms with Crippen molar-refractivity contribution in [1.82, 2.24) is 10.4 Å². The molecule has 1 saturated carbocycles. The van der Waals surface area contributed by atoms with E-state index in [2.05, 4.69) is 10.4 Å². The van der Waals surface area contributed by atoms with E-state index >= 15 is 0 Å². The minimum atomic E-state index is 0.386. The third-order valence-corrected chi connectivity index (χ3v) is 3.68. The molecule has 1 fully saturated rings. The van der Waals surface area contributed by atoms with Gasteiger partial charge in [0.2, 0.25) is 0 Å². The summed E-state index contributed by atoms with van der Waals surface area (Å²) in [7, 11) is 1.74. The van der Waals surface area contributed by atoms with Crippen molar-refractivity contribution in [3.05, 3.63) is 23.1 Å². The summed E-state index contributed by atoms with van der Waals surface area (Å²) in [4.78, 5) is 4.67. The summed E-state index contributed by atoms with van der Waals surface area (Å²) >= 11 is 6.24. The van der Waals surface area contributed by atoms with E-state index in [0.29, 0.717) is 11.1 Å². The number of nitrogens with one attached hydrogen (secondary N) is 1. The summed E-state index contributed by atoms with van der Waals surface area (Å²) in [6, 6.07) is 0. The lowest BCUT2D eigenvalue weighted by atomic mass is 9.98. The summed E-state index contributed by atoms with van der Waals surface area (Å²) in [6.07, 6.45) is 6.56.